The predicted octanol–water partition coefficient (Wildman–Crippen LogP) is 3.27. The maximum atomic E-state index is 11.9. The molecule has 0 unspecified atom stereocenters. The smallest absolute Gasteiger partial charge is 0.256 e. The van der Waals surface area contributed by atoms with Crippen molar-refractivity contribution in [3.63, 3.8) is 0 Å². The van der Waals surface area contributed by atoms with E-state index < -0.39 is 0 Å². The van der Waals surface area contributed by atoms with E-state index in [0.717, 1.165) is 21.4 Å². The van der Waals surface area contributed by atoms with Crippen molar-refractivity contribution in [1.82, 2.24) is 4.98 Å². The number of anilines is 1. The lowest BCUT2D eigenvalue weighted by Crippen LogP contribution is -2.03. The van der Waals surface area contributed by atoms with E-state index in [2.05, 4.69) is 26.2 Å². The van der Waals surface area contributed by atoms with E-state index in [0.29, 0.717) is 5.57 Å². The van der Waals surface area contributed by atoms with Crippen LogP contribution in [0.4, 0.5) is 5.69 Å². The number of nitrogens with one attached hydrogen (secondary N) is 2. The van der Waals surface area contributed by atoms with E-state index >= 15 is 0 Å². The first-order valence-electron chi connectivity index (χ1n) is 5.20. The van der Waals surface area contributed by atoms with Crippen LogP contribution in [0.3, 0.4) is 0 Å². The van der Waals surface area contributed by atoms with Gasteiger partial charge in [-0.3, -0.25) is 4.79 Å². The molecule has 4 heteroatoms. The first kappa shape index (κ1) is 10.4. The highest BCUT2D eigenvalue weighted by Gasteiger charge is 2.23. The summed E-state index contributed by atoms with van der Waals surface area (Å²) >= 11 is 3.42. The molecule has 0 aliphatic carbocycles. The Morgan fingerprint density at radius 2 is 2.12 bits per heavy atom. The van der Waals surface area contributed by atoms with E-state index in [9.17, 15) is 4.79 Å². The van der Waals surface area contributed by atoms with E-state index in [1.54, 1.807) is 0 Å². The Kier molecular flexibility index (Phi) is 2.37. The molecule has 3 nitrogen and oxygen atoms in total. The Balaban J connectivity index is 2.13. The van der Waals surface area contributed by atoms with Gasteiger partial charge in [-0.25, -0.2) is 0 Å². The number of aromatic amines is 1. The van der Waals surface area contributed by atoms with Crippen LogP contribution in [-0.4, -0.2) is 10.9 Å². The first-order chi connectivity index (χ1) is 8.24. The maximum absolute atomic E-state index is 11.9. The van der Waals surface area contributed by atoms with Crippen LogP contribution in [-0.2, 0) is 4.79 Å². The number of H-pyrrole nitrogens is 1. The van der Waals surface area contributed by atoms with Crippen molar-refractivity contribution in [1.29, 1.82) is 0 Å². The van der Waals surface area contributed by atoms with E-state index in [4.69, 9.17) is 0 Å². The van der Waals surface area contributed by atoms with Crippen molar-refractivity contribution in [2.24, 2.45) is 0 Å². The molecule has 1 aliphatic rings. The summed E-state index contributed by atoms with van der Waals surface area (Å²) in [5.41, 5.74) is 3.39. The number of rotatable bonds is 1. The van der Waals surface area contributed by atoms with Crippen LogP contribution >= 0.6 is 15.9 Å². The molecule has 0 bridgehead atoms. The quantitative estimate of drug-likeness (QED) is 0.777. The van der Waals surface area contributed by atoms with Gasteiger partial charge in [0.25, 0.3) is 5.91 Å². The summed E-state index contributed by atoms with van der Waals surface area (Å²) in [5, 5.41) is 2.85. The molecule has 3 rings (SSSR count). The molecule has 1 aromatic carbocycles. The fraction of sp³-hybridized carbons (Fsp3) is 0. The van der Waals surface area contributed by atoms with Crippen molar-refractivity contribution >= 4 is 39.2 Å². The third-order valence-corrected chi connectivity index (χ3v) is 3.18. The van der Waals surface area contributed by atoms with Gasteiger partial charge in [-0.15, -0.1) is 0 Å². The van der Waals surface area contributed by atoms with Crippen LogP contribution in [0.5, 0.6) is 0 Å². The average Bonchev–Trinajstić information content (AvgIpc) is 2.90. The van der Waals surface area contributed by atoms with Gasteiger partial charge in [-0.05, 0) is 36.4 Å². The fourth-order valence-electron chi connectivity index (χ4n) is 1.89. The first-order valence-corrected chi connectivity index (χ1v) is 6.00. The minimum absolute atomic E-state index is 0.0623. The lowest BCUT2D eigenvalue weighted by molar-refractivity contribution is -0.110. The predicted molar refractivity (Wildman–Crippen MR) is 71.4 cm³/mol. The summed E-state index contributed by atoms with van der Waals surface area (Å²) in [6.45, 7) is 0. The minimum Gasteiger partial charge on any atom is -0.362 e. The van der Waals surface area contributed by atoms with Crippen molar-refractivity contribution in [3.05, 3.63) is 52.3 Å². The van der Waals surface area contributed by atoms with Crippen LogP contribution in [0.15, 0.2) is 41.0 Å². The SMILES string of the molecule is O=C1Nc2ccc(Br)cc2/C1=C\c1ccc[nH]1. The Labute approximate surface area is 107 Å². The van der Waals surface area contributed by atoms with Crippen LogP contribution in [0.1, 0.15) is 11.3 Å². The van der Waals surface area contributed by atoms with Gasteiger partial charge in [0.2, 0.25) is 0 Å². The van der Waals surface area contributed by atoms with Crippen molar-refractivity contribution in [3.8, 4) is 0 Å². The Hall–Kier alpha value is -1.81. The summed E-state index contributed by atoms with van der Waals surface area (Å²) in [6.07, 6.45) is 3.69. The Morgan fingerprint density at radius 3 is 2.88 bits per heavy atom. The molecule has 2 heterocycles. The number of halogens is 1. The third kappa shape index (κ3) is 1.80. The lowest BCUT2D eigenvalue weighted by atomic mass is 10.1. The molecule has 0 spiro atoms. The standard InChI is InChI=1S/C13H9BrN2O/c14-8-3-4-12-10(6-8)11(13(17)16-12)7-9-2-1-5-15-9/h1-7,15H,(H,16,17)/b11-7+. The second-order valence-corrected chi connectivity index (χ2v) is 4.74. The van der Waals surface area contributed by atoms with Gasteiger partial charge >= 0.3 is 0 Å². The lowest BCUT2D eigenvalue weighted by Gasteiger charge is -1.98. The van der Waals surface area contributed by atoms with E-state index in [1.807, 2.05) is 42.6 Å². The topological polar surface area (TPSA) is 44.9 Å². The monoisotopic (exact) mass is 288 g/mol. The third-order valence-electron chi connectivity index (χ3n) is 2.69. The molecule has 0 saturated heterocycles. The number of aromatic nitrogens is 1. The molecule has 2 N–H and O–H groups in total. The van der Waals surface area contributed by atoms with Gasteiger partial charge in [0.15, 0.2) is 0 Å². The normalized spacial score (nSPS) is 16.1. The molecule has 84 valence electrons. The Morgan fingerprint density at radius 1 is 1.24 bits per heavy atom. The number of hydrogen-bond acceptors (Lipinski definition) is 1. The fourth-order valence-corrected chi connectivity index (χ4v) is 2.25. The second-order valence-electron chi connectivity index (χ2n) is 3.83. The van der Waals surface area contributed by atoms with Gasteiger partial charge in [0.05, 0.1) is 5.57 Å². The zero-order chi connectivity index (χ0) is 11.8. The summed E-state index contributed by atoms with van der Waals surface area (Å²) in [4.78, 5) is 14.9. The van der Waals surface area contributed by atoms with E-state index in [-0.39, 0.29) is 5.91 Å². The highest BCUT2D eigenvalue weighted by Crippen LogP contribution is 2.34. The highest BCUT2D eigenvalue weighted by molar-refractivity contribution is 9.10. The number of carbonyl (C=O) groups excluding carboxylic acids is 1. The summed E-state index contributed by atoms with van der Waals surface area (Å²) < 4.78 is 0.963. The van der Waals surface area contributed by atoms with Gasteiger partial charge < -0.3 is 10.3 Å². The molecule has 0 radical (unpaired) electrons. The van der Waals surface area contributed by atoms with Crippen LogP contribution < -0.4 is 5.32 Å². The molecule has 0 atom stereocenters. The van der Waals surface area contributed by atoms with Crippen molar-refractivity contribution in [2.45, 2.75) is 0 Å². The zero-order valence-corrected chi connectivity index (χ0v) is 10.4. The molecule has 0 fully saturated rings. The molecule has 17 heavy (non-hydrogen) atoms. The number of benzene rings is 1. The molecular weight excluding hydrogens is 280 g/mol. The number of fused-ring (bicyclic) bond motifs is 1. The van der Waals surface area contributed by atoms with Crippen molar-refractivity contribution in [2.75, 3.05) is 5.32 Å². The average molecular weight is 289 g/mol. The molecule has 1 amide bonds. The van der Waals surface area contributed by atoms with Gasteiger partial charge in [0, 0.05) is 27.6 Å². The van der Waals surface area contributed by atoms with Gasteiger partial charge in [0.1, 0.15) is 0 Å². The van der Waals surface area contributed by atoms with Gasteiger partial charge in [-0.2, -0.15) is 0 Å². The minimum atomic E-state index is -0.0623. The molecule has 2 aromatic rings. The number of hydrogen-bond donors (Lipinski definition) is 2. The summed E-state index contributed by atoms with van der Waals surface area (Å²) in [5.74, 6) is -0.0623. The molecule has 0 saturated carbocycles. The summed E-state index contributed by atoms with van der Waals surface area (Å²) in [7, 11) is 0. The number of amides is 1. The number of carbonyl (C=O) groups is 1. The molecular formula is C13H9BrN2O. The Bertz CT molecular complexity index is 614. The summed E-state index contributed by atoms with van der Waals surface area (Å²) in [6, 6.07) is 9.59. The van der Waals surface area contributed by atoms with E-state index in [1.165, 1.54) is 0 Å². The largest absolute Gasteiger partial charge is 0.362 e. The van der Waals surface area contributed by atoms with Gasteiger partial charge in [-0.1, -0.05) is 15.9 Å². The molecule has 1 aliphatic heterocycles. The van der Waals surface area contributed by atoms with Crippen LogP contribution in [0.25, 0.3) is 11.6 Å². The molecule has 1 aromatic heterocycles. The van der Waals surface area contributed by atoms with Crippen LogP contribution in [0.2, 0.25) is 0 Å². The second kappa shape index (κ2) is 3.89. The van der Waals surface area contributed by atoms with Crippen molar-refractivity contribution < 1.29 is 4.79 Å². The maximum Gasteiger partial charge on any atom is 0.256 e. The zero-order valence-electron chi connectivity index (χ0n) is 8.83. The highest BCUT2D eigenvalue weighted by atomic mass is 79.9. The van der Waals surface area contributed by atoms with Crippen LogP contribution in [0, 0.1) is 0 Å².